The molecule has 4 unspecified atom stereocenters. The molecule has 0 radical (unpaired) electrons. The van der Waals surface area contributed by atoms with Gasteiger partial charge in [0.1, 0.15) is 8.24 Å². The molecular formula is C19H27NSi. The fourth-order valence-corrected chi connectivity index (χ4v) is 8.04. The van der Waals surface area contributed by atoms with E-state index in [0.29, 0.717) is 0 Å². The minimum Gasteiger partial charge on any atom is -0.326 e. The second kappa shape index (κ2) is 4.82. The van der Waals surface area contributed by atoms with Crippen molar-refractivity contribution in [2.45, 2.75) is 43.8 Å². The lowest BCUT2D eigenvalue weighted by Crippen LogP contribution is -2.44. The van der Waals surface area contributed by atoms with E-state index in [9.17, 15) is 0 Å². The van der Waals surface area contributed by atoms with Crippen LogP contribution in [0.5, 0.6) is 0 Å². The predicted molar refractivity (Wildman–Crippen MR) is 92.0 cm³/mol. The van der Waals surface area contributed by atoms with Gasteiger partial charge in [0.2, 0.25) is 0 Å². The van der Waals surface area contributed by atoms with Crippen LogP contribution in [-0.2, 0) is 0 Å². The number of hydrogen-bond donors (Lipinski definition) is 0. The van der Waals surface area contributed by atoms with Gasteiger partial charge in [0, 0.05) is 0 Å². The second-order valence-corrected chi connectivity index (χ2v) is 12.7. The molecule has 1 aliphatic heterocycles. The van der Waals surface area contributed by atoms with Crippen molar-refractivity contribution in [2.24, 2.45) is 11.8 Å². The maximum absolute atomic E-state index is 2.66. The van der Waals surface area contributed by atoms with Gasteiger partial charge in [-0.1, -0.05) is 49.5 Å². The summed E-state index contributed by atoms with van der Waals surface area (Å²) in [4.78, 5) is 0. The van der Waals surface area contributed by atoms with Crippen molar-refractivity contribution in [1.82, 2.24) is 4.57 Å². The van der Waals surface area contributed by atoms with Crippen molar-refractivity contribution in [3.8, 4) is 0 Å². The van der Waals surface area contributed by atoms with E-state index in [2.05, 4.69) is 61.1 Å². The number of rotatable bonds is 2. The molecular weight excluding hydrogens is 270 g/mol. The SMILES string of the molecule is CN1CCC(c2cccc(C3CC4C=CC3C4)c2)[Si]1(C)C. The minimum atomic E-state index is -1.27. The van der Waals surface area contributed by atoms with Gasteiger partial charge in [0.05, 0.1) is 0 Å². The van der Waals surface area contributed by atoms with Crippen LogP contribution in [0.4, 0.5) is 0 Å². The Hall–Kier alpha value is -0.863. The predicted octanol–water partition coefficient (Wildman–Crippen LogP) is 4.53. The highest BCUT2D eigenvalue weighted by Gasteiger charge is 2.42. The number of hydrogen-bond acceptors (Lipinski definition) is 1. The molecule has 1 nitrogen and oxygen atoms in total. The van der Waals surface area contributed by atoms with Gasteiger partial charge < -0.3 is 4.57 Å². The summed E-state index contributed by atoms with van der Waals surface area (Å²) in [5.41, 5.74) is 4.06. The molecule has 0 N–H and O–H groups in total. The van der Waals surface area contributed by atoms with Gasteiger partial charge in [0.25, 0.3) is 0 Å². The lowest BCUT2D eigenvalue weighted by Gasteiger charge is -2.31. The first-order valence-electron chi connectivity index (χ1n) is 8.55. The standard InChI is InChI=1S/C19H27NSi/c1-20-10-9-19(21(20,2)3)17-6-4-5-15(13-17)18-12-14-7-8-16(18)11-14/h4-8,13-14,16,18-19H,9-12H2,1-3H3. The highest BCUT2D eigenvalue weighted by Crippen LogP contribution is 2.49. The van der Waals surface area contributed by atoms with Crippen molar-refractivity contribution in [3.05, 3.63) is 47.5 Å². The van der Waals surface area contributed by atoms with Gasteiger partial charge in [0.15, 0.2) is 0 Å². The fourth-order valence-electron chi connectivity index (χ4n) is 4.98. The van der Waals surface area contributed by atoms with E-state index in [1.165, 1.54) is 25.8 Å². The normalized spacial score (nSPS) is 37.5. The average molecular weight is 298 g/mol. The van der Waals surface area contributed by atoms with Crippen molar-refractivity contribution >= 4 is 8.24 Å². The molecule has 3 aliphatic rings. The first kappa shape index (κ1) is 13.8. The maximum Gasteiger partial charge on any atom is 0.129 e. The molecule has 2 fully saturated rings. The smallest absolute Gasteiger partial charge is 0.129 e. The van der Waals surface area contributed by atoms with Crippen molar-refractivity contribution in [1.29, 1.82) is 0 Å². The van der Waals surface area contributed by atoms with E-state index in [4.69, 9.17) is 0 Å². The summed E-state index contributed by atoms with van der Waals surface area (Å²) in [5, 5.41) is 0. The first-order valence-corrected chi connectivity index (χ1v) is 11.6. The molecule has 1 aromatic carbocycles. The fraction of sp³-hybridized carbons (Fsp3) is 0.579. The molecule has 4 atom stereocenters. The van der Waals surface area contributed by atoms with Crippen LogP contribution < -0.4 is 0 Å². The Balaban J connectivity index is 1.63. The molecule has 1 aromatic rings. The van der Waals surface area contributed by atoms with Gasteiger partial charge in [-0.25, -0.2) is 0 Å². The topological polar surface area (TPSA) is 3.24 Å². The van der Waals surface area contributed by atoms with Crippen LogP contribution in [-0.4, -0.2) is 26.4 Å². The summed E-state index contributed by atoms with van der Waals surface area (Å²) in [6.45, 7) is 6.36. The monoisotopic (exact) mass is 297 g/mol. The van der Waals surface area contributed by atoms with Crippen LogP contribution in [0.3, 0.4) is 0 Å². The molecule has 2 heteroatoms. The van der Waals surface area contributed by atoms with E-state index in [-0.39, 0.29) is 0 Å². The first-order chi connectivity index (χ1) is 10.1. The molecule has 2 aliphatic carbocycles. The molecule has 112 valence electrons. The van der Waals surface area contributed by atoms with E-state index < -0.39 is 8.24 Å². The second-order valence-electron chi connectivity index (χ2n) is 7.97. The Morgan fingerprint density at radius 2 is 1.90 bits per heavy atom. The van der Waals surface area contributed by atoms with E-state index in [1.807, 2.05) is 0 Å². The average Bonchev–Trinajstić information content (AvgIpc) is 3.15. The third kappa shape index (κ3) is 2.15. The Morgan fingerprint density at radius 1 is 1.10 bits per heavy atom. The Labute approximate surface area is 130 Å². The molecule has 0 spiro atoms. The lowest BCUT2D eigenvalue weighted by atomic mass is 9.86. The van der Waals surface area contributed by atoms with Gasteiger partial charge in [-0.3, -0.25) is 0 Å². The molecule has 21 heavy (non-hydrogen) atoms. The molecule has 2 bridgehead atoms. The van der Waals surface area contributed by atoms with Gasteiger partial charge in [-0.2, -0.15) is 0 Å². The maximum atomic E-state index is 2.66. The van der Waals surface area contributed by atoms with Crippen LogP contribution >= 0.6 is 0 Å². The number of benzene rings is 1. The van der Waals surface area contributed by atoms with Crippen molar-refractivity contribution < 1.29 is 0 Å². The van der Waals surface area contributed by atoms with E-state index >= 15 is 0 Å². The summed E-state index contributed by atoms with van der Waals surface area (Å²) in [6, 6.07) is 9.67. The Bertz CT molecular complexity index is 577. The van der Waals surface area contributed by atoms with Gasteiger partial charge in [-0.15, -0.1) is 0 Å². The zero-order chi connectivity index (χ0) is 14.6. The third-order valence-electron chi connectivity index (χ3n) is 6.61. The zero-order valence-corrected chi connectivity index (χ0v) is 14.5. The number of fused-ring (bicyclic) bond motifs is 2. The van der Waals surface area contributed by atoms with Crippen molar-refractivity contribution in [3.63, 3.8) is 0 Å². The highest BCUT2D eigenvalue weighted by molar-refractivity contribution is 6.76. The number of nitrogens with zero attached hydrogens (tertiary/aromatic N) is 1. The molecule has 1 saturated carbocycles. The summed E-state index contributed by atoms with van der Waals surface area (Å²) in [5.74, 6) is 2.48. The third-order valence-corrected chi connectivity index (χ3v) is 11.1. The molecule has 4 rings (SSSR count). The number of allylic oxidation sites excluding steroid dienone is 2. The zero-order valence-electron chi connectivity index (χ0n) is 13.5. The summed E-state index contributed by atoms with van der Waals surface area (Å²) >= 11 is 0. The summed E-state index contributed by atoms with van der Waals surface area (Å²) in [6.07, 6.45) is 9.08. The van der Waals surface area contributed by atoms with Crippen LogP contribution in [0.1, 0.15) is 41.8 Å². The van der Waals surface area contributed by atoms with Crippen LogP contribution in [0.15, 0.2) is 36.4 Å². The molecule has 1 saturated heterocycles. The molecule has 1 heterocycles. The quantitative estimate of drug-likeness (QED) is 0.572. The van der Waals surface area contributed by atoms with Crippen LogP contribution in [0, 0.1) is 11.8 Å². The van der Waals surface area contributed by atoms with Crippen molar-refractivity contribution in [2.75, 3.05) is 13.6 Å². The largest absolute Gasteiger partial charge is 0.326 e. The highest BCUT2D eigenvalue weighted by atomic mass is 28.3. The molecule has 0 amide bonds. The van der Waals surface area contributed by atoms with E-state index in [1.54, 1.807) is 11.1 Å². The van der Waals surface area contributed by atoms with Crippen LogP contribution in [0.2, 0.25) is 13.1 Å². The lowest BCUT2D eigenvalue weighted by molar-refractivity contribution is 0.552. The molecule has 0 aromatic heterocycles. The van der Waals surface area contributed by atoms with E-state index in [0.717, 1.165) is 23.3 Å². The van der Waals surface area contributed by atoms with Crippen LogP contribution in [0.25, 0.3) is 0 Å². The minimum absolute atomic E-state index is 0.795. The summed E-state index contributed by atoms with van der Waals surface area (Å²) in [7, 11) is 1.06. The van der Waals surface area contributed by atoms with Gasteiger partial charge >= 0.3 is 0 Å². The van der Waals surface area contributed by atoms with Gasteiger partial charge in [-0.05, 0) is 67.3 Å². The Morgan fingerprint density at radius 3 is 2.52 bits per heavy atom. The summed E-state index contributed by atoms with van der Waals surface area (Å²) < 4.78 is 2.66. The Kier molecular flexibility index (Phi) is 3.16.